The van der Waals surface area contributed by atoms with E-state index in [4.69, 9.17) is 0 Å². The minimum Gasteiger partial charge on any atom is -0.0388 e. The molecule has 4 heavy (non-hydrogen) atoms. The van der Waals surface area contributed by atoms with Crippen molar-refractivity contribution in [1.29, 1.82) is 0 Å². The molecule has 0 bridgehead atoms. The molecule has 0 spiro atoms. The molecule has 0 aromatic carbocycles. The molecule has 0 aliphatic rings. The average molecular weight is 153 g/mol. The van der Waals surface area contributed by atoms with E-state index in [0.717, 1.165) is 10.1 Å². The third kappa shape index (κ3) is 10.3. The summed E-state index contributed by atoms with van der Waals surface area (Å²) in [4.78, 5) is 0. The van der Waals surface area contributed by atoms with Gasteiger partial charge in [0, 0.05) is 41.3 Å². The monoisotopic (exact) mass is 152 g/mol. The second kappa shape index (κ2) is 27.6. The molecule has 26 valence electrons. The SMILES string of the molecule is [B][SiH3].[Cr].[Ni]. The first-order valence-electron chi connectivity index (χ1n) is 0.577. The molecule has 2 radical (unpaired) electrons. The van der Waals surface area contributed by atoms with Gasteiger partial charge in [0.05, 0.1) is 0 Å². The Hall–Kier alpha value is 1.31. The molecule has 0 aromatic heterocycles. The van der Waals surface area contributed by atoms with Crippen molar-refractivity contribution >= 4 is 17.6 Å². The van der Waals surface area contributed by atoms with Gasteiger partial charge in [-0.1, -0.05) is 0 Å². The van der Waals surface area contributed by atoms with E-state index in [2.05, 4.69) is 7.44 Å². The van der Waals surface area contributed by atoms with Crippen LogP contribution in [-0.4, -0.2) is 17.6 Å². The minimum absolute atomic E-state index is 0. The van der Waals surface area contributed by atoms with Gasteiger partial charge in [0.25, 0.3) is 0 Å². The third-order valence-electron chi connectivity index (χ3n) is 0. The van der Waals surface area contributed by atoms with Gasteiger partial charge in [0.2, 0.25) is 0 Å². The van der Waals surface area contributed by atoms with Gasteiger partial charge in [0.1, 0.15) is 0 Å². The van der Waals surface area contributed by atoms with Gasteiger partial charge >= 0.3 is 0 Å². The average Bonchev–Trinajstić information content (AvgIpc) is 1.00. The molecule has 4 heteroatoms. The Morgan fingerprint density at radius 3 is 1.25 bits per heavy atom. The molecule has 0 saturated carbocycles. The predicted octanol–water partition coefficient (Wildman–Crippen LogP) is -1.57. The van der Waals surface area contributed by atoms with Crippen molar-refractivity contribution < 1.29 is 33.9 Å². The molecule has 0 amide bonds. The van der Waals surface area contributed by atoms with Gasteiger partial charge in [-0.05, 0) is 10.1 Å². The zero-order chi connectivity index (χ0) is 2.00. The van der Waals surface area contributed by atoms with Gasteiger partial charge in [-0.15, -0.1) is 0 Å². The third-order valence-corrected chi connectivity index (χ3v) is 0. The Kier molecular flexibility index (Phi) is 127. The van der Waals surface area contributed by atoms with E-state index in [9.17, 15) is 0 Å². The zero-order valence-electron chi connectivity index (χ0n) is 2.30. The molecule has 0 heterocycles. The molecular formula is H3BCrNiSi. The van der Waals surface area contributed by atoms with Crippen LogP contribution in [0.2, 0.25) is 0 Å². The van der Waals surface area contributed by atoms with E-state index >= 15 is 0 Å². The van der Waals surface area contributed by atoms with Crippen LogP contribution in [0.15, 0.2) is 0 Å². The summed E-state index contributed by atoms with van der Waals surface area (Å²) >= 11 is 0. The van der Waals surface area contributed by atoms with Gasteiger partial charge in [-0.2, -0.15) is 0 Å². The fourth-order valence-corrected chi connectivity index (χ4v) is 0. The van der Waals surface area contributed by atoms with Gasteiger partial charge in [-0.25, -0.2) is 0 Å². The molecule has 0 saturated heterocycles. The van der Waals surface area contributed by atoms with Gasteiger partial charge in [-0.3, -0.25) is 0 Å². The Morgan fingerprint density at radius 1 is 1.25 bits per heavy atom. The van der Waals surface area contributed by atoms with E-state index in [-0.39, 0.29) is 33.9 Å². The first kappa shape index (κ1) is 18.5. The van der Waals surface area contributed by atoms with Gasteiger partial charge in [0.15, 0.2) is 0 Å². The Morgan fingerprint density at radius 2 is 1.25 bits per heavy atom. The normalized spacial score (nSPS) is 2.00. The van der Waals surface area contributed by atoms with Crippen LogP contribution >= 0.6 is 0 Å². The summed E-state index contributed by atoms with van der Waals surface area (Å²) in [5.41, 5.74) is 0. The molecular weight excluding hydrogens is 150 g/mol. The van der Waals surface area contributed by atoms with Crippen molar-refractivity contribution in [3.05, 3.63) is 0 Å². The molecule has 0 nitrogen and oxygen atoms in total. The van der Waals surface area contributed by atoms with E-state index in [1.807, 2.05) is 0 Å². The molecule has 0 fully saturated rings. The fourth-order valence-electron chi connectivity index (χ4n) is 0. The van der Waals surface area contributed by atoms with E-state index in [1.54, 1.807) is 0 Å². The molecule has 0 N–H and O–H groups in total. The minimum atomic E-state index is 0. The van der Waals surface area contributed by atoms with Crippen molar-refractivity contribution in [2.75, 3.05) is 0 Å². The maximum absolute atomic E-state index is 4.64. The first-order chi connectivity index (χ1) is 1.00. The van der Waals surface area contributed by atoms with Gasteiger partial charge < -0.3 is 0 Å². The number of hydrogen-bond acceptors (Lipinski definition) is 0. The van der Waals surface area contributed by atoms with Crippen LogP contribution < -0.4 is 0 Å². The Balaban J connectivity index is -0.00000000500. The Bertz CT molecular complexity index is 8.00. The summed E-state index contributed by atoms with van der Waals surface area (Å²) in [5.74, 6) is 0. The van der Waals surface area contributed by atoms with E-state index < -0.39 is 0 Å². The van der Waals surface area contributed by atoms with E-state index in [0.29, 0.717) is 0 Å². The number of hydrogen-bond donors (Lipinski definition) is 0. The van der Waals surface area contributed by atoms with Crippen molar-refractivity contribution in [1.82, 2.24) is 0 Å². The van der Waals surface area contributed by atoms with Crippen LogP contribution in [0, 0.1) is 0 Å². The Labute approximate surface area is 51.6 Å². The standard InChI is InChI=1S/BH3Si.Cr.Ni/c1-2;;/h2H3;;. The van der Waals surface area contributed by atoms with Crippen molar-refractivity contribution in [3.8, 4) is 0 Å². The maximum Gasteiger partial charge on any atom is 0.0434 e. The molecule has 0 atom stereocenters. The number of rotatable bonds is 0. The van der Waals surface area contributed by atoms with Crippen LogP contribution in [0.5, 0.6) is 0 Å². The quantitative estimate of drug-likeness (QED) is 0.368. The molecule has 0 aliphatic heterocycles. The summed E-state index contributed by atoms with van der Waals surface area (Å²) in [7, 11) is 5.44. The van der Waals surface area contributed by atoms with Crippen molar-refractivity contribution in [2.24, 2.45) is 0 Å². The van der Waals surface area contributed by atoms with Crippen molar-refractivity contribution in [2.45, 2.75) is 0 Å². The van der Waals surface area contributed by atoms with Crippen LogP contribution in [0.3, 0.4) is 0 Å². The molecule has 0 rings (SSSR count). The summed E-state index contributed by atoms with van der Waals surface area (Å²) in [6.07, 6.45) is 0. The van der Waals surface area contributed by atoms with Crippen LogP contribution in [0.25, 0.3) is 0 Å². The largest absolute Gasteiger partial charge is 0.0434 e. The zero-order valence-corrected chi connectivity index (χ0v) is 6.56. The predicted molar refractivity (Wildman–Crippen MR) is 15.7 cm³/mol. The second-order valence-corrected chi connectivity index (χ2v) is 0. The maximum atomic E-state index is 4.64. The first-order valence-corrected chi connectivity index (χ1v) is 1.73. The molecule has 0 aromatic rings. The van der Waals surface area contributed by atoms with Crippen LogP contribution in [0.1, 0.15) is 0 Å². The molecule has 0 aliphatic carbocycles. The topological polar surface area (TPSA) is 0 Å². The smallest absolute Gasteiger partial charge is 0.0388 e. The summed E-state index contributed by atoms with van der Waals surface area (Å²) in [6.45, 7) is 0. The fraction of sp³-hybridized carbons (Fsp3) is 0. The molecule has 0 unspecified atom stereocenters. The summed E-state index contributed by atoms with van der Waals surface area (Å²) in [5, 5.41) is 0. The second-order valence-electron chi connectivity index (χ2n) is 0. The summed E-state index contributed by atoms with van der Waals surface area (Å²) in [6, 6.07) is 0. The van der Waals surface area contributed by atoms with Crippen LogP contribution in [0.4, 0.5) is 0 Å². The van der Waals surface area contributed by atoms with Crippen molar-refractivity contribution in [3.63, 3.8) is 0 Å². The van der Waals surface area contributed by atoms with E-state index in [1.165, 1.54) is 0 Å². The van der Waals surface area contributed by atoms with Crippen LogP contribution in [-0.2, 0) is 33.9 Å². The summed E-state index contributed by atoms with van der Waals surface area (Å²) < 4.78 is 0.